The lowest BCUT2D eigenvalue weighted by Crippen LogP contribution is -2.48. The molecule has 0 aromatic carbocycles. The van der Waals surface area contributed by atoms with Gasteiger partial charge in [0.15, 0.2) is 5.82 Å². The maximum atomic E-state index is 13.1. The molecule has 0 N–H and O–H groups in total. The zero-order valence-corrected chi connectivity index (χ0v) is 17.5. The molecule has 1 amide bonds. The molecule has 1 aliphatic rings. The van der Waals surface area contributed by atoms with Gasteiger partial charge in [-0.3, -0.25) is 14.3 Å². The second kappa shape index (κ2) is 7.52. The molecular formula is C20H25N5O2S. The maximum Gasteiger partial charge on any atom is 0.255 e. The lowest BCUT2D eigenvalue weighted by molar-refractivity contribution is 0.0626. The van der Waals surface area contributed by atoms with Crippen molar-refractivity contribution >= 4 is 17.2 Å². The van der Waals surface area contributed by atoms with E-state index in [1.54, 1.807) is 11.3 Å². The Morgan fingerprint density at radius 1 is 1.14 bits per heavy atom. The van der Waals surface area contributed by atoms with Crippen molar-refractivity contribution in [3.8, 4) is 5.82 Å². The fourth-order valence-corrected chi connectivity index (χ4v) is 4.38. The fourth-order valence-electron chi connectivity index (χ4n) is 3.78. The van der Waals surface area contributed by atoms with Crippen LogP contribution in [-0.4, -0.2) is 56.6 Å². The van der Waals surface area contributed by atoms with Crippen LogP contribution in [0.3, 0.4) is 0 Å². The highest BCUT2D eigenvalue weighted by Crippen LogP contribution is 2.23. The van der Waals surface area contributed by atoms with Crippen molar-refractivity contribution in [2.45, 2.75) is 34.2 Å². The van der Waals surface area contributed by atoms with E-state index in [4.69, 9.17) is 4.52 Å². The Balaban J connectivity index is 1.44. The van der Waals surface area contributed by atoms with Gasteiger partial charge >= 0.3 is 0 Å². The summed E-state index contributed by atoms with van der Waals surface area (Å²) < 4.78 is 7.18. The highest BCUT2D eigenvalue weighted by Gasteiger charge is 2.26. The first-order valence-electron chi connectivity index (χ1n) is 9.47. The lowest BCUT2D eigenvalue weighted by atomic mass is 10.2. The summed E-state index contributed by atoms with van der Waals surface area (Å²) in [5, 5.41) is 7.31. The third-order valence-electron chi connectivity index (χ3n) is 5.22. The second-order valence-electron chi connectivity index (χ2n) is 7.34. The lowest BCUT2D eigenvalue weighted by Gasteiger charge is -2.34. The molecule has 0 unspecified atom stereocenters. The first-order chi connectivity index (χ1) is 13.4. The number of amides is 1. The van der Waals surface area contributed by atoms with E-state index in [0.717, 1.165) is 72.0 Å². The molecule has 4 rings (SSSR count). The number of hydrogen-bond acceptors (Lipinski definition) is 6. The molecule has 148 valence electrons. The van der Waals surface area contributed by atoms with Crippen LogP contribution < -0.4 is 0 Å². The number of rotatable bonds is 4. The van der Waals surface area contributed by atoms with Crippen molar-refractivity contribution in [2.75, 3.05) is 26.2 Å². The van der Waals surface area contributed by atoms with Crippen LogP contribution in [-0.2, 0) is 6.54 Å². The third kappa shape index (κ3) is 3.62. The minimum absolute atomic E-state index is 0.0868. The van der Waals surface area contributed by atoms with Gasteiger partial charge in [0, 0.05) is 55.6 Å². The molecular weight excluding hydrogens is 374 g/mol. The average Bonchev–Trinajstić information content (AvgIpc) is 3.35. The van der Waals surface area contributed by atoms with E-state index in [1.165, 1.54) is 0 Å². The van der Waals surface area contributed by atoms with Crippen LogP contribution in [0, 0.1) is 27.7 Å². The van der Waals surface area contributed by atoms with Gasteiger partial charge in [0.2, 0.25) is 0 Å². The molecule has 28 heavy (non-hydrogen) atoms. The van der Waals surface area contributed by atoms with E-state index in [2.05, 4.69) is 20.4 Å². The molecule has 3 aromatic heterocycles. The molecule has 1 aliphatic heterocycles. The van der Waals surface area contributed by atoms with Gasteiger partial charge in [-0.25, -0.2) is 4.98 Å². The fraction of sp³-hybridized carbons (Fsp3) is 0.450. The molecule has 8 heteroatoms. The number of carbonyl (C=O) groups excluding carboxylic acids is 1. The smallest absolute Gasteiger partial charge is 0.255 e. The standard InChI is InChI=1S/C20H25N5O2S/c1-13-9-18(15(3)25(13)19-10-14(2)27-22-19)20(26)24-7-5-23(6-8-24)11-17-12-28-16(4)21-17/h9-10,12H,5-8,11H2,1-4H3. The molecule has 7 nitrogen and oxygen atoms in total. The van der Waals surface area contributed by atoms with Gasteiger partial charge < -0.3 is 9.42 Å². The Morgan fingerprint density at radius 3 is 2.50 bits per heavy atom. The topological polar surface area (TPSA) is 67.4 Å². The number of aryl methyl sites for hydroxylation is 3. The van der Waals surface area contributed by atoms with E-state index in [9.17, 15) is 4.79 Å². The Bertz CT molecular complexity index is 994. The van der Waals surface area contributed by atoms with Crippen LogP contribution in [0.1, 0.15) is 38.2 Å². The number of aromatic nitrogens is 3. The van der Waals surface area contributed by atoms with Gasteiger partial charge in [-0.2, -0.15) is 0 Å². The SMILES string of the molecule is Cc1cc(-n2c(C)cc(C(=O)N3CCN(Cc4csc(C)n4)CC3)c2C)no1. The van der Waals surface area contributed by atoms with Crippen LogP contribution in [0.2, 0.25) is 0 Å². The summed E-state index contributed by atoms with van der Waals surface area (Å²) in [6.07, 6.45) is 0. The quantitative estimate of drug-likeness (QED) is 0.674. The van der Waals surface area contributed by atoms with Crippen LogP contribution in [0.15, 0.2) is 22.0 Å². The van der Waals surface area contributed by atoms with Gasteiger partial charge in [0.05, 0.1) is 16.3 Å². The van der Waals surface area contributed by atoms with Crippen molar-refractivity contribution in [2.24, 2.45) is 0 Å². The summed E-state index contributed by atoms with van der Waals surface area (Å²) >= 11 is 1.68. The number of nitrogens with zero attached hydrogens (tertiary/aromatic N) is 5. The summed E-state index contributed by atoms with van der Waals surface area (Å²) in [5.74, 6) is 1.56. The van der Waals surface area contributed by atoms with Crippen LogP contribution >= 0.6 is 11.3 Å². The minimum Gasteiger partial charge on any atom is -0.360 e. The van der Waals surface area contributed by atoms with Crippen molar-refractivity contribution < 1.29 is 9.32 Å². The molecule has 0 aliphatic carbocycles. The van der Waals surface area contributed by atoms with Crippen LogP contribution in [0.4, 0.5) is 0 Å². The Hall–Kier alpha value is -2.45. The van der Waals surface area contributed by atoms with E-state index in [0.29, 0.717) is 0 Å². The third-order valence-corrected chi connectivity index (χ3v) is 6.04. The van der Waals surface area contributed by atoms with Gasteiger partial charge in [-0.1, -0.05) is 5.16 Å². The van der Waals surface area contributed by atoms with E-state index < -0.39 is 0 Å². The molecule has 0 saturated carbocycles. The molecule has 0 atom stereocenters. The predicted molar refractivity (Wildman–Crippen MR) is 108 cm³/mol. The van der Waals surface area contributed by atoms with Crippen molar-refractivity contribution in [1.29, 1.82) is 0 Å². The highest BCUT2D eigenvalue weighted by molar-refractivity contribution is 7.09. The summed E-state index contributed by atoms with van der Waals surface area (Å²) in [5.41, 5.74) is 3.73. The number of hydrogen-bond donors (Lipinski definition) is 0. The molecule has 1 saturated heterocycles. The second-order valence-corrected chi connectivity index (χ2v) is 8.40. The predicted octanol–water partition coefficient (Wildman–Crippen LogP) is 3.11. The summed E-state index contributed by atoms with van der Waals surface area (Å²) in [6.45, 7) is 11.9. The zero-order chi connectivity index (χ0) is 19.8. The van der Waals surface area contributed by atoms with Crippen LogP contribution in [0.5, 0.6) is 0 Å². The summed E-state index contributed by atoms with van der Waals surface area (Å²) in [6, 6.07) is 3.83. The Kier molecular flexibility index (Phi) is 5.07. The van der Waals surface area contributed by atoms with Gasteiger partial charge in [-0.15, -0.1) is 11.3 Å². The largest absolute Gasteiger partial charge is 0.360 e. The van der Waals surface area contributed by atoms with Gasteiger partial charge in [0.25, 0.3) is 5.91 Å². The van der Waals surface area contributed by atoms with E-state index in [1.807, 2.05) is 49.3 Å². The number of piperazine rings is 1. The average molecular weight is 400 g/mol. The molecule has 0 bridgehead atoms. The zero-order valence-electron chi connectivity index (χ0n) is 16.7. The first-order valence-corrected chi connectivity index (χ1v) is 10.4. The minimum atomic E-state index is 0.0868. The Morgan fingerprint density at radius 2 is 1.89 bits per heavy atom. The molecule has 4 heterocycles. The molecule has 1 fully saturated rings. The van der Waals surface area contributed by atoms with Crippen molar-refractivity contribution in [3.63, 3.8) is 0 Å². The maximum absolute atomic E-state index is 13.1. The van der Waals surface area contributed by atoms with Crippen molar-refractivity contribution in [1.82, 2.24) is 24.5 Å². The molecule has 0 spiro atoms. The van der Waals surface area contributed by atoms with Crippen LogP contribution in [0.25, 0.3) is 5.82 Å². The molecule has 0 radical (unpaired) electrons. The number of thiazole rings is 1. The van der Waals surface area contributed by atoms with Gasteiger partial charge in [-0.05, 0) is 33.8 Å². The monoisotopic (exact) mass is 399 g/mol. The Labute approximate surface area is 168 Å². The van der Waals surface area contributed by atoms with Gasteiger partial charge in [0.1, 0.15) is 5.76 Å². The molecule has 3 aromatic rings. The highest BCUT2D eigenvalue weighted by atomic mass is 32.1. The first kappa shape index (κ1) is 18.9. The van der Waals surface area contributed by atoms with Crippen molar-refractivity contribution in [3.05, 3.63) is 50.9 Å². The summed E-state index contributed by atoms with van der Waals surface area (Å²) in [7, 11) is 0. The van der Waals surface area contributed by atoms with E-state index in [-0.39, 0.29) is 5.91 Å². The normalized spacial score (nSPS) is 15.4. The summed E-state index contributed by atoms with van der Waals surface area (Å²) in [4.78, 5) is 22.0. The van der Waals surface area contributed by atoms with E-state index >= 15 is 0 Å². The number of carbonyl (C=O) groups is 1.